The third-order valence-corrected chi connectivity index (χ3v) is 7.69. The van der Waals surface area contributed by atoms with Crippen molar-refractivity contribution in [1.82, 2.24) is 15.6 Å². The molecular formula is C22H17N5O3S3. The van der Waals surface area contributed by atoms with Crippen molar-refractivity contribution in [2.45, 2.75) is 14.4 Å². The van der Waals surface area contributed by atoms with Gasteiger partial charge >= 0.3 is 0 Å². The number of hydrogen-bond acceptors (Lipinski definition) is 9. The van der Waals surface area contributed by atoms with Crippen LogP contribution in [-0.2, 0) is 10.5 Å². The second-order valence-corrected chi connectivity index (χ2v) is 10.1. The first-order valence-electron chi connectivity index (χ1n) is 9.70. The fourth-order valence-electron chi connectivity index (χ4n) is 2.89. The molecule has 1 aromatic heterocycles. The number of hydrazone groups is 1. The van der Waals surface area contributed by atoms with Crippen LogP contribution in [0.4, 0.5) is 5.69 Å². The largest absolute Gasteiger partial charge is 0.272 e. The Morgan fingerprint density at radius 1 is 1.03 bits per heavy atom. The topological polar surface area (TPSA) is 110 Å². The molecule has 8 nitrogen and oxygen atoms in total. The average Bonchev–Trinajstić information content (AvgIpc) is 3.29. The lowest BCUT2D eigenvalue weighted by molar-refractivity contribution is -0.384. The molecule has 0 unspecified atom stereocenters. The molecule has 0 bridgehead atoms. The first-order valence-corrected chi connectivity index (χ1v) is 12.5. The zero-order chi connectivity index (χ0) is 23.0. The highest BCUT2D eigenvalue weighted by molar-refractivity contribution is 8.03. The van der Waals surface area contributed by atoms with Gasteiger partial charge in [-0.3, -0.25) is 14.9 Å². The lowest BCUT2D eigenvalue weighted by Gasteiger charge is -2.04. The van der Waals surface area contributed by atoms with Crippen LogP contribution in [0.1, 0.15) is 11.1 Å². The number of benzene rings is 3. The molecule has 4 rings (SSSR count). The summed E-state index contributed by atoms with van der Waals surface area (Å²) in [5.41, 5.74) is 4.32. The monoisotopic (exact) mass is 495 g/mol. The van der Waals surface area contributed by atoms with E-state index >= 15 is 0 Å². The highest BCUT2D eigenvalue weighted by Crippen LogP contribution is 2.32. The fraction of sp³-hybridized carbons (Fsp3) is 0.0909. The van der Waals surface area contributed by atoms with Gasteiger partial charge in [0.05, 0.1) is 16.9 Å². The Kier molecular flexibility index (Phi) is 7.66. The molecule has 3 aromatic carbocycles. The number of hydrogen-bond donors (Lipinski definition) is 1. The van der Waals surface area contributed by atoms with Gasteiger partial charge in [-0.05, 0) is 34.0 Å². The summed E-state index contributed by atoms with van der Waals surface area (Å²) in [4.78, 5) is 22.2. The van der Waals surface area contributed by atoms with Crippen molar-refractivity contribution < 1.29 is 9.72 Å². The van der Waals surface area contributed by atoms with Crippen molar-refractivity contribution in [3.63, 3.8) is 0 Å². The van der Waals surface area contributed by atoms with Crippen LogP contribution in [0.5, 0.6) is 0 Å². The number of nitro groups is 1. The maximum absolute atomic E-state index is 12.0. The number of carbonyl (C=O) groups excluding carboxylic acids is 1. The summed E-state index contributed by atoms with van der Waals surface area (Å²) in [7, 11) is 0. The molecule has 1 N–H and O–H groups in total. The van der Waals surface area contributed by atoms with Crippen molar-refractivity contribution in [3.05, 3.63) is 88.0 Å². The van der Waals surface area contributed by atoms with Gasteiger partial charge in [0.15, 0.2) is 8.68 Å². The third-order valence-electron chi connectivity index (χ3n) is 4.45. The van der Waals surface area contributed by atoms with Crippen molar-refractivity contribution in [2.75, 3.05) is 5.75 Å². The molecule has 0 radical (unpaired) electrons. The van der Waals surface area contributed by atoms with Crippen LogP contribution in [-0.4, -0.2) is 33.0 Å². The summed E-state index contributed by atoms with van der Waals surface area (Å²) in [5, 5.41) is 25.3. The Morgan fingerprint density at radius 2 is 1.76 bits per heavy atom. The predicted octanol–water partition coefficient (Wildman–Crippen LogP) is 5.13. The molecule has 33 heavy (non-hydrogen) atoms. The zero-order valence-electron chi connectivity index (χ0n) is 17.1. The van der Waals surface area contributed by atoms with Crippen LogP contribution >= 0.6 is 34.9 Å². The van der Waals surface area contributed by atoms with Crippen LogP contribution in [0.15, 0.2) is 80.5 Å². The van der Waals surface area contributed by atoms with Crippen molar-refractivity contribution in [2.24, 2.45) is 5.10 Å². The fourth-order valence-corrected chi connectivity index (χ4v) is 5.71. The van der Waals surface area contributed by atoms with Crippen LogP contribution < -0.4 is 5.43 Å². The lowest BCUT2D eigenvalue weighted by atomic mass is 10.1. The highest BCUT2D eigenvalue weighted by Gasteiger charge is 2.10. The Morgan fingerprint density at radius 3 is 2.55 bits per heavy atom. The first kappa shape index (κ1) is 22.9. The number of aromatic nitrogens is 2. The number of nitrogens with one attached hydrogen (secondary N) is 1. The molecule has 0 saturated heterocycles. The van der Waals surface area contributed by atoms with Crippen LogP contribution in [0.3, 0.4) is 0 Å². The van der Waals surface area contributed by atoms with Gasteiger partial charge in [-0.25, -0.2) is 5.43 Å². The number of nitrogens with zero attached hydrogens (tertiary/aromatic N) is 4. The van der Waals surface area contributed by atoms with Crippen LogP contribution in [0, 0.1) is 10.1 Å². The molecule has 0 saturated carbocycles. The quantitative estimate of drug-likeness (QED) is 0.148. The molecule has 11 heteroatoms. The molecule has 1 heterocycles. The maximum Gasteiger partial charge on any atom is 0.269 e. The normalized spacial score (nSPS) is 11.2. The summed E-state index contributed by atoms with van der Waals surface area (Å²) in [5.74, 6) is 0.664. The summed E-state index contributed by atoms with van der Waals surface area (Å²) in [6.45, 7) is 0. The van der Waals surface area contributed by atoms with E-state index in [1.54, 1.807) is 23.9 Å². The number of thioether (sulfide) groups is 2. The molecule has 1 amide bonds. The van der Waals surface area contributed by atoms with E-state index in [0.717, 1.165) is 10.1 Å². The number of fused-ring (bicyclic) bond motifs is 1. The van der Waals surface area contributed by atoms with Gasteiger partial charge in [-0.15, -0.1) is 10.2 Å². The van der Waals surface area contributed by atoms with Gasteiger partial charge in [0.25, 0.3) is 11.6 Å². The summed E-state index contributed by atoms with van der Waals surface area (Å²) >= 11 is 4.37. The minimum Gasteiger partial charge on any atom is -0.272 e. The van der Waals surface area contributed by atoms with Crippen molar-refractivity contribution in [1.29, 1.82) is 0 Å². The molecule has 0 fully saturated rings. The Hall–Kier alpha value is -3.28. The summed E-state index contributed by atoms with van der Waals surface area (Å²) < 4.78 is 1.56. The predicted molar refractivity (Wildman–Crippen MR) is 133 cm³/mol. The molecule has 0 aliphatic carbocycles. The molecule has 0 atom stereocenters. The second kappa shape index (κ2) is 11.0. The second-order valence-electron chi connectivity index (χ2n) is 6.69. The van der Waals surface area contributed by atoms with E-state index in [1.165, 1.54) is 57.8 Å². The Bertz CT molecular complexity index is 1300. The number of non-ortho nitro benzene ring substituents is 1. The van der Waals surface area contributed by atoms with E-state index in [-0.39, 0.29) is 17.3 Å². The minimum atomic E-state index is -0.471. The van der Waals surface area contributed by atoms with E-state index in [2.05, 4.69) is 51.1 Å². The van der Waals surface area contributed by atoms with E-state index in [9.17, 15) is 14.9 Å². The number of nitro benzene ring substituents is 1. The van der Waals surface area contributed by atoms with E-state index in [1.807, 2.05) is 12.1 Å². The molecule has 0 spiro atoms. The zero-order valence-corrected chi connectivity index (χ0v) is 19.5. The Labute approximate surface area is 201 Å². The van der Waals surface area contributed by atoms with E-state index in [0.29, 0.717) is 9.90 Å². The average molecular weight is 496 g/mol. The third kappa shape index (κ3) is 6.37. The highest BCUT2D eigenvalue weighted by atomic mass is 32.2. The molecular weight excluding hydrogens is 478 g/mol. The number of amides is 1. The maximum atomic E-state index is 12.0. The first-order chi connectivity index (χ1) is 16.1. The molecule has 0 aliphatic heterocycles. The molecule has 0 aliphatic rings. The number of carbonyl (C=O) groups is 1. The standard InChI is InChI=1S/C22H17N5O3S3/c28-20(24-23-12-15-8-10-18(11-9-15)27(29)30)14-32-22-26-25-21(33-22)31-13-17-6-3-5-16-4-1-2-7-19(16)17/h1-12H,13-14H2,(H,24,28)/b23-12-. The summed E-state index contributed by atoms with van der Waals surface area (Å²) in [6, 6.07) is 20.4. The minimum absolute atomic E-state index is 0.000653. The van der Waals surface area contributed by atoms with Gasteiger partial charge in [-0.2, -0.15) is 5.10 Å². The smallest absolute Gasteiger partial charge is 0.269 e. The van der Waals surface area contributed by atoms with Gasteiger partial charge in [-0.1, -0.05) is 77.3 Å². The SMILES string of the molecule is O=C(CSc1nnc(SCc2cccc3ccccc23)s1)N/N=C\c1ccc([N+](=O)[O-])cc1. The van der Waals surface area contributed by atoms with Crippen molar-refractivity contribution in [3.8, 4) is 0 Å². The van der Waals surface area contributed by atoms with Gasteiger partial charge in [0.1, 0.15) is 0 Å². The van der Waals surface area contributed by atoms with E-state index < -0.39 is 4.92 Å². The van der Waals surface area contributed by atoms with Crippen LogP contribution in [0.2, 0.25) is 0 Å². The number of rotatable bonds is 9. The molecule has 166 valence electrons. The Balaban J connectivity index is 1.24. The van der Waals surface area contributed by atoms with Gasteiger partial charge < -0.3 is 0 Å². The molecule has 4 aromatic rings. The lowest BCUT2D eigenvalue weighted by Crippen LogP contribution is -2.19. The van der Waals surface area contributed by atoms with Crippen molar-refractivity contribution >= 4 is 63.4 Å². The van der Waals surface area contributed by atoms with Gasteiger partial charge in [0.2, 0.25) is 0 Å². The van der Waals surface area contributed by atoms with E-state index in [4.69, 9.17) is 0 Å². The van der Waals surface area contributed by atoms with Gasteiger partial charge in [0, 0.05) is 17.9 Å². The van der Waals surface area contributed by atoms with Crippen LogP contribution in [0.25, 0.3) is 10.8 Å². The summed E-state index contributed by atoms with van der Waals surface area (Å²) in [6.07, 6.45) is 1.43.